The number of para-hydroxylation sites is 1. The molecule has 0 spiro atoms. The fourth-order valence-corrected chi connectivity index (χ4v) is 5.90. The van der Waals surface area contributed by atoms with Gasteiger partial charge in [-0.15, -0.1) is 0 Å². The largest absolute Gasteiger partial charge is 0.435 e. The minimum atomic E-state index is 0.624. The molecule has 42 heavy (non-hydrogen) atoms. The average molecular weight is 539 g/mol. The summed E-state index contributed by atoms with van der Waals surface area (Å²) in [5, 5.41) is 4.63. The van der Waals surface area contributed by atoms with E-state index in [9.17, 15) is 0 Å². The Morgan fingerprint density at radius 2 is 1.10 bits per heavy atom. The summed E-state index contributed by atoms with van der Waals surface area (Å²) in [6.07, 6.45) is 0. The highest BCUT2D eigenvalue weighted by molar-refractivity contribution is 6.12. The van der Waals surface area contributed by atoms with Gasteiger partial charge in [-0.2, -0.15) is 0 Å². The van der Waals surface area contributed by atoms with Crippen molar-refractivity contribution in [2.45, 2.75) is 0 Å². The number of rotatable bonds is 5. The molecule has 0 amide bonds. The van der Waals surface area contributed by atoms with E-state index >= 15 is 0 Å². The van der Waals surface area contributed by atoms with Crippen molar-refractivity contribution in [2.75, 3.05) is 4.90 Å². The molecule has 0 unspecified atom stereocenters. The molecule has 0 fully saturated rings. The Morgan fingerprint density at radius 3 is 1.88 bits per heavy atom. The van der Waals surface area contributed by atoms with Crippen molar-refractivity contribution in [2.24, 2.45) is 0 Å². The fraction of sp³-hybridized carbons (Fsp3) is 0. The van der Waals surface area contributed by atoms with E-state index in [-0.39, 0.29) is 0 Å². The number of oxazole rings is 1. The lowest BCUT2D eigenvalue weighted by Crippen LogP contribution is -2.10. The molecule has 3 nitrogen and oxygen atoms in total. The van der Waals surface area contributed by atoms with E-state index < -0.39 is 0 Å². The molecule has 0 N–H and O–H groups in total. The van der Waals surface area contributed by atoms with Crippen LogP contribution in [-0.4, -0.2) is 4.98 Å². The number of anilines is 3. The maximum absolute atomic E-state index is 6.38. The molecule has 0 saturated heterocycles. The summed E-state index contributed by atoms with van der Waals surface area (Å²) in [5.41, 5.74) is 8.21. The predicted molar refractivity (Wildman–Crippen MR) is 175 cm³/mol. The van der Waals surface area contributed by atoms with E-state index in [1.54, 1.807) is 0 Å². The first-order valence-corrected chi connectivity index (χ1v) is 14.1. The molecule has 8 rings (SSSR count). The van der Waals surface area contributed by atoms with Gasteiger partial charge in [0.15, 0.2) is 5.58 Å². The van der Waals surface area contributed by atoms with Gasteiger partial charge in [0.25, 0.3) is 0 Å². The zero-order chi connectivity index (χ0) is 27.9. The maximum atomic E-state index is 6.38. The van der Waals surface area contributed by atoms with Crippen molar-refractivity contribution in [3.8, 4) is 22.6 Å². The molecular weight excluding hydrogens is 512 g/mol. The molecule has 0 saturated carbocycles. The Morgan fingerprint density at radius 1 is 0.476 bits per heavy atom. The monoisotopic (exact) mass is 538 g/mol. The van der Waals surface area contributed by atoms with E-state index in [1.165, 1.54) is 21.9 Å². The van der Waals surface area contributed by atoms with Crippen molar-refractivity contribution >= 4 is 49.7 Å². The van der Waals surface area contributed by atoms with Crippen LogP contribution in [0, 0.1) is 0 Å². The second-order valence-electron chi connectivity index (χ2n) is 10.4. The summed E-state index contributed by atoms with van der Waals surface area (Å²) in [6, 6.07) is 55.1. The van der Waals surface area contributed by atoms with Gasteiger partial charge in [-0.3, -0.25) is 0 Å². The standard InChI is InChI=1S/C39H26N2O/c1-3-13-29(14-4-1)39-40-36-26-37(34-19-9-10-20-35(34)38(36)42-39)41(30-16-5-2-6-17-30)31-24-22-28(23-25-31)33-21-11-15-27-12-7-8-18-32(27)33/h1-26H. The van der Waals surface area contributed by atoms with E-state index in [2.05, 4.69) is 132 Å². The Labute approximate surface area is 243 Å². The van der Waals surface area contributed by atoms with Gasteiger partial charge < -0.3 is 9.32 Å². The number of fused-ring (bicyclic) bond motifs is 4. The number of nitrogens with zero attached hydrogens (tertiary/aromatic N) is 2. The number of hydrogen-bond donors (Lipinski definition) is 0. The SMILES string of the molecule is c1ccc(-c2nc3cc(N(c4ccccc4)c4ccc(-c5cccc6ccccc56)cc4)c4ccccc4c3o2)cc1. The van der Waals surface area contributed by atoms with Gasteiger partial charge in [0.2, 0.25) is 5.89 Å². The van der Waals surface area contributed by atoms with Crippen molar-refractivity contribution in [3.05, 3.63) is 158 Å². The van der Waals surface area contributed by atoms with Gasteiger partial charge in [-0.1, -0.05) is 115 Å². The van der Waals surface area contributed by atoms with Gasteiger partial charge in [0.1, 0.15) is 5.52 Å². The Balaban J connectivity index is 1.31. The summed E-state index contributed by atoms with van der Waals surface area (Å²) in [6.45, 7) is 0. The molecule has 198 valence electrons. The van der Waals surface area contributed by atoms with Crippen molar-refractivity contribution < 1.29 is 4.42 Å². The van der Waals surface area contributed by atoms with E-state index in [0.29, 0.717) is 5.89 Å². The Kier molecular flexibility index (Phi) is 5.79. The summed E-state index contributed by atoms with van der Waals surface area (Å²) >= 11 is 0. The summed E-state index contributed by atoms with van der Waals surface area (Å²) < 4.78 is 6.38. The molecule has 3 heteroatoms. The highest BCUT2D eigenvalue weighted by Gasteiger charge is 2.20. The minimum Gasteiger partial charge on any atom is -0.435 e. The van der Waals surface area contributed by atoms with Crippen molar-refractivity contribution in [1.29, 1.82) is 0 Å². The van der Waals surface area contributed by atoms with Gasteiger partial charge in [-0.25, -0.2) is 4.98 Å². The van der Waals surface area contributed by atoms with Crippen LogP contribution in [0.2, 0.25) is 0 Å². The lowest BCUT2D eigenvalue weighted by atomic mass is 9.98. The van der Waals surface area contributed by atoms with E-state index in [0.717, 1.165) is 44.5 Å². The molecule has 0 atom stereocenters. The molecule has 0 bridgehead atoms. The zero-order valence-electron chi connectivity index (χ0n) is 22.8. The lowest BCUT2D eigenvalue weighted by molar-refractivity contribution is 0.623. The normalized spacial score (nSPS) is 11.3. The zero-order valence-corrected chi connectivity index (χ0v) is 22.8. The van der Waals surface area contributed by atoms with Gasteiger partial charge in [0.05, 0.1) is 5.69 Å². The summed E-state index contributed by atoms with van der Waals surface area (Å²) in [5.74, 6) is 0.624. The molecule has 0 radical (unpaired) electrons. The highest BCUT2D eigenvalue weighted by atomic mass is 16.3. The van der Waals surface area contributed by atoms with Crippen LogP contribution < -0.4 is 4.90 Å². The molecule has 1 aromatic heterocycles. The summed E-state index contributed by atoms with van der Waals surface area (Å²) in [7, 11) is 0. The van der Waals surface area contributed by atoms with Gasteiger partial charge >= 0.3 is 0 Å². The van der Waals surface area contributed by atoms with Gasteiger partial charge in [0, 0.05) is 27.7 Å². The van der Waals surface area contributed by atoms with Crippen molar-refractivity contribution in [3.63, 3.8) is 0 Å². The molecule has 1 heterocycles. The average Bonchev–Trinajstić information content (AvgIpc) is 3.51. The quantitative estimate of drug-likeness (QED) is 0.218. The molecule has 0 aliphatic heterocycles. The van der Waals surface area contributed by atoms with Crippen LogP contribution in [0.1, 0.15) is 0 Å². The topological polar surface area (TPSA) is 29.3 Å². The summed E-state index contributed by atoms with van der Waals surface area (Å²) in [4.78, 5) is 7.26. The van der Waals surface area contributed by atoms with Crippen molar-refractivity contribution in [1.82, 2.24) is 4.98 Å². The number of benzene rings is 7. The third-order valence-corrected chi connectivity index (χ3v) is 7.88. The molecule has 0 aliphatic rings. The van der Waals surface area contributed by atoms with Crippen LogP contribution in [0.5, 0.6) is 0 Å². The first-order chi connectivity index (χ1) is 20.8. The predicted octanol–water partition coefficient (Wildman–Crippen LogP) is 10.9. The van der Waals surface area contributed by atoms with Crippen LogP contribution in [0.25, 0.3) is 55.2 Å². The fourth-order valence-electron chi connectivity index (χ4n) is 5.90. The van der Waals surface area contributed by atoms with Crippen LogP contribution in [0.15, 0.2) is 162 Å². The van der Waals surface area contributed by atoms with Gasteiger partial charge in [-0.05, 0) is 64.4 Å². The third-order valence-electron chi connectivity index (χ3n) is 7.88. The molecule has 8 aromatic rings. The second-order valence-corrected chi connectivity index (χ2v) is 10.4. The van der Waals surface area contributed by atoms with Crippen LogP contribution in [-0.2, 0) is 0 Å². The first kappa shape index (κ1) is 24.2. The second kappa shape index (κ2) is 10.1. The highest BCUT2D eigenvalue weighted by Crippen LogP contribution is 2.43. The van der Waals surface area contributed by atoms with Crippen LogP contribution in [0.4, 0.5) is 17.1 Å². The number of aromatic nitrogens is 1. The van der Waals surface area contributed by atoms with E-state index in [1.807, 2.05) is 30.3 Å². The maximum Gasteiger partial charge on any atom is 0.227 e. The Bertz CT molecular complexity index is 2180. The molecule has 0 aliphatic carbocycles. The van der Waals surface area contributed by atoms with Crippen LogP contribution >= 0.6 is 0 Å². The number of hydrogen-bond acceptors (Lipinski definition) is 3. The first-order valence-electron chi connectivity index (χ1n) is 14.1. The molecule has 7 aromatic carbocycles. The minimum absolute atomic E-state index is 0.624. The van der Waals surface area contributed by atoms with Crippen LogP contribution in [0.3, 0.4) is 0 Å². The lowest BCUT2D eigenvalue weighted by Gasteiger charge is -2.27. The smallest absolute Gasteiger partial charge is 0.227 e. The van der Waals surface area contributed by atoms with E-state index in [4.69, 9.17) is 9.40 Å². The Hall–Kier alpha value is -5.67. The third kappa shape index (κ3) is 4.11. The molecular formula is C39H26N2O.